The number of H-pyrrole nitrogens is 1. The van der Waals surface area contributed by atoms with Gasteiger partial charge in [0, 0.05) is 10.9 Å². The molecule has 3 N–H and O–H groups in total. The highest BCUT2D eigenvalue weighted by molar-refractivity contribution is 9.10. The summed E-state index contributed by atoms with van der Waals surface area (Å²) in [5, 5.41) is 0.643. The Kier molecular flexibility index (Phi) is 2.56. The fourth-order valence-corrected chi connectivity index (χ4v) is 2.23. The molecule has 1 aromatic carbocycles. The molecule has 2 nitrogen and oxygen atoms in total. The van der Waals surface area contributed by atoms with Crippen LogP contribution < -0.4 is 5.73 Å². The molecule has 0 aliphatic rings. The van der Waals surface area contributed by atoms with Gasteiger partial charge in [-0.05, 0) is 46.6 Å². The molecule has 0 unspecified atom stereocenters. The van der Waals surface area contributed by atoms with Gasteiger partial charge in [0.15, 0.2) is 0 Å². The van der Waals surface area contributed by atoms with Gasteiger partial charge in [0.05, 0.1) is 4.60 Å². The van der Waals surface area contributed by atoms with E-state index in [1.165, 1.54) is 6.07 Å². The van der Waals surface area contributed by atoms with E-state index in [0.29, 0.717) is 18.4 Å². The van der Waals surface area contributed by atoms with Gasteiger partial charge in [-0.3, -0.25) is 0 Å². The maximum absolute atomic E-state index is 13.5. The van der Waals surface area contributed by atoms with Crippen molar-refractivity contribution >= 4 is 26.8 Å². The van der Waals surface area contributed by atoms with Gasteiger partial charge in [0.25, 0.3) is 0 Å². The molecule has 1 heterocycles. The molecule has 0 aliphatic carbocycles. The summed E-state index contributed by atoms with van der Waals surface area (Å²) in [7, 11) is 0. The lowest BCUT2D eigenvalue weighted by molar-refractivity contribution is 0.639. The molecular weight excluding hydrogens is 247 g/mol. The van der Waals surface area contributed by atoms with Crippen LogP contribution in [0.2, 0.25) is 0 Å². The highest BCUT2D eigenvalue weighted by Gasteiger charge is 2.11. The lowest BCUT2D eigenvalue weighted by Gasteiger charge is -1.97. The average Bonchev–Trinajstić information content (AvgIpc) is 2.45. The Morgan fingerprint density at radius 1 is 1.43 bits per heavy atom. The minimum Gasteiger partial charge on any atom is -0.349 e. The SMILES string of the molecule is NCCc1c(Br)[nH]c2cccc(F)c12. The summed E-state index contributed by atoms with van der Waals surface area (Å²) in [4.78, 5) is 3.07. The predicted octanol–water partition coefficient (Wildman–Crippen LogP) is 2.57. The average molecular weight is 257 g/mol. The van der Waals surface area contributed by atoms with E-state index >= 15 is 0 Å². The van der Waals surface area contributed by atoms with Crippen LogP contribution in [0.3, 0.4) is 0 Å². The van der Waals surface area contributed by atoms with Crippen LogP contribution in [-0.2, 0) is 6.42 Å². The molecule has 4 heteroatoms. The summed E-state index contributed by atoms with van der Waals surface area (Å²) in [6.07, 6.45) is 0.668. The molecule has 0 atom stereocenters. The van der Waals surface area contributed by atoms with Gasteiger partial charge in [0.2, 0.25) is 0 Å². The third-order valence-electron chi connectivity index (χ3n) is 2.22. The molecule has 0 radical (unpaired) electrons. The number of hydrogen-bond donors (Lipinski definition) is 2. The van der Waals surface area contributed by atoms with E-state index in [9.17, 15) is 4.39 Å². The molecule has 0 saturated carbocycles. The standard InChI is InChI=1S/C10H10BrFN2/c11-10-6(4-5-13)9-7(12)2-1-3-8(9)14-10/h1-3,14H,4-5,13H2. The molecule has 1 aromatic heterocycles. The van der Waals surface area contributed by atoms with E-state index in [2.05, 4.69) is 20.9 Å². The van der Waals surface area contributed by atoms with Gasteiger partial charge in [-0.2, -0.15) is 0 Å². The Morgan fingerprint density at radius 2 is 2.21 bits per heavy atom. The zero-order valence-electron chi connectivity index (χ0n) is 7.48. The Labute approximate surface area is 89.4 Å². The second-order valence-electron chi connectivity index (χ2n) is 3.12. The smallest absolute Gasteiger partial charge is 0.132 e. The Bertz CT molecular complexity index is 464. The van der Waals surface area contributed by atoms with Gasteiger partial charge in [-0.15, -0.1) is 0 Å². The van der Waals surface area contributed by atoms with Gasteiger partial charge >= 0.3 is 0 Å². The molecular formula is C10H10BrFN2. The van der Waals surface area contributed by atoms with E-state index < -0.39 is 0 Å². The van der Waals surface area contributed by atoms with Crippen molar-refractivity contribution in [3.05, 3.63) is 34.2 Å². The normalized spacial score (nSPS) is 11.1. The minimum atomic E-state index is -0.201. The Hall–Kier alpha value is -0.870. The number of halogens is 2. The van der Waals surface area contributed by atoms with Crippen LogP contribution in [0.15, 0.2) is 22.8 Å². The molecule has 0 bridgehead atoms. The molecule has 0 amide bonds. The van der Waals surface area contributed by atoms with Crippen molar-refractivity contribution in [3.63, 3.8) is 0 Å². The van der Waals surface area contributed by atoms with Gasteiger partial charge in [0.1, 0.15) is 5.82 Å². The van der Waals surface area contributed by atoms with Crippen molar-refractivity contribution in [2.75, 3.05) is 6.54 Å². The van der Waals surface area contributed by atoms with Crippen molar-refractivity contribution in [2.45, 2.75) is 6.42 Å². The first-order chi connectivity index (χ1) is 6.74. The summed E-state index contributed by atoms with van der Waals surface area (Å²) in [5.41, 5.74) is 7.20. The summed E-state index contributed by atoms with van der Waals surface area (Å²) in [6, 6.07) is 5.00. The van der Waals surface area contributed by atoms with E-state index in [1.54, 1.807) is 6.07 Å². The van der Waals surface area contributed by atoms with Crippen LogP contribution in [0, 0.1) is 5.82 Å². The third-order valence-corrected chi connectivity index (χ3v) is 2.90. The van der Waals surface area contributed by atoms with Gasteiger partial charge in [-0.1, -0.05) is 6.07 Å². The van der Waals surface area contributed by atoms with Crippen LogP contribution in [0.4, 0.5) is 4.39 Å². The molecule has 2 rings (SSSR count). The number of fused-ring (bicyclic) bond motifs is 1. The van der Waals surface area contributed by atoms with Crippen LogP contribution in [0.5, 0.6) is 0 Å². The zero-order chi connectivity index (χ0) is 10.1. The number of aromatic nitrogens is 1. The lowest BCUT2D eigenvalue weighted by Crippen LogP contribution is -2.02. The highest BCUT2D eigenvalue weighted by Crippen LogP contribution is 2.28. The summed E-state index contributed by atoms with van der Waals surface area (Å²) < 4.78 is 14.3. The summed E-state index contributed by atoms with van der Waals surface area (Å²) in [6.45, 7) is 0.514. The molecule has 2 aromatic rings. The van der Waals surface area contributed by atoms with Crippen molar-refractivity contribution in [1.29, 1.82) is 0 Å². The number of aromatic amines is 1. The van der Waals surface area contributed by atoms with Crippen LogP contribution in [-0.4, -0.2) is 11.5 Å². The first-order valence-electron chi connectivity index (χ1n) is 4.38. The van der Waals surface area contributed by atoms with Gasteiger partial charge < -0.3 is 10.7 Å². The minimum absolute atomic E-state index is 0.201. The van der Waals surface area contributed by atoms with E-state index in [4.69, 9.17) is 5.73 Å². The van der Waals surface area contributed by atoms with Gasteiger partial charge in [-0.25, -0.2) is 4.39 Å². The maximum Gasteiger partial charge on any atom is 0.132 e. The summed E-state index contributed by atoms with van der Waals surface area (Å²) in [5.74, 6) is -0.201. The fourth-order valence-electron chi connectivity index (χ4n) is 1.62. The van der Waals surface area contributed by atoms with Crippen molar-refractivity contribution in [1.82, 2.24) is 4.98 Å². The number of nitrogens with one attached hydrogen (secondary N) is 1. The van der Waals surface area contributed by atoms with E-state index in [0.717, 1.165) is 15.7 Å². The van der Waals surface area contributed by atoms with E-state index in [-0.39, 0.29) is 5.82 Å². The van der Waals surface area contributed by atoms with Crippen molar-refractivity contribution < 1.29 is 4.39 Å². The molecule has 0 fully saturated rings. The highest BCUT2D eigenvalue weighted by atomic mass is 79.9. The van der Waals surface area contributed by atoms with Crippen LogP contribution in [0.25, 0.3) is 10.9 Å². The zero-order valence-corrected chi connectivity index (χ0v) is 9.07. The fraction of sp³-hybridized carbons (Fsp3) is 0.200. The molecule has 0 saturated heterocycles. The lowest BCUT2D eigenvalue weighted by atomic mass is 10.1. The Morgan fingerprint density at radius 3 is 2.93 bits per heavy atom. The Balaban J connectivity index is 2.73. The molecule has 0 spiro atoms. The first kappa shape index (κ1) is 9.68. The molecule has 74 valence electrons. The van der Waals surface area contributed by atoms with E-state index in [1.807, 2.05) is 6.07 Å². The number of nitrogens with two attached hydrogens (primary N) is 1. The van der Waals surface area contributed by atoms with Crippen molar-refractivity contribution in [2.24, 2.45) is 5.73 Å². The second kappa shape index (κ2) is 3.71. The monoisotopic (exact) mass is 256 g/mol. The first-order valence-corrected chi connectivity index (χ1v) is 5.18. The maximum atomic E-state index is 13.5. The number of hydrogen-bond acceptors (Lipinski definition) is 1. The van der Waals surface area contributed by atoms with Crippen LogP contribution in [0.1, 0.15) is 5.56 Å². The number of rotatable bonds is 2. The van der Waals surface area contributed by atoms with Crippen molar-refractivity contribution in [3.8, 4) is 0 Å². The predicted molar refractivity (Wildman–Crippen MR) is 58.7 cm³/mol. The molecule has 0 aliphatic heterocycles. The quantitative estimate of drug-likeness (QED) is 0.853. The van der Waals surface area contributed by atoms with Crippen LogP contribution >= 0.6 is 15.9 Å². The second-order valence-corrected chi connectivity index (χ2v) is 3.91. The largest absolute Gasteiger partial charge is 0.349 e. The number of benzene rings is 1. The third kappa shape index (κ3) is 1.44. The molecule has 14 heavy (non-hydrogen) atoms. The topological polar surface area (TPSA) is 41.8 Å². The summed E-state index contributed by atoms with van der Waals surface area (Å²) >= 11 is 3.37.